The third-order valence-corrected chi connectivity index (χ3v) is 10.6. The van der Waals surface area contributed by atoms with Crippen LogP contribution in [-0.4, -0.2) is 64.4 Å². The Morgan fingerprint density at radius 3 is 2.72 bits per heavy atom. The summed E-state index contributed by atoms with van der Waals surface area (Å²) < 4.78 is 25.6. The van der Waals surface area contributed by atoms with Crippen LogP contribution in [0.15, 0.2) is 12.4 Å². The molecule has 6 nitrogen and oxygen atoms in total. The summed E-state index contributed by atoms with van der Waals surface area (Å²) in [5.74, 6) is 3.16. The number of carbonyl (C=O) groups excluding carboxylic acids is 1. The second-order valence-electron chi connectivity index (χ2n) is 7.94. The minimum Gasteiger partial charge on any atom is -0.343 e. The maximum absolute atomic E-state index is 12.5. The van der Waals surface area contributed by atoms with Gasteiger partial charge in [-0.05, 0) is 32.1 Å². The molecule has 9 heteroatoms. The predicted molar refractivity (Wildman–Crippen MR) is 122 cm³/mol. The normalized spacial score (nSPS) is 21.0. The Balaban J connectivity index is 1.40. The number of aromatic nitrogens is 2. The second kappa shape index (κ2) is 11.1. The number of likely N-dealkylation sites (tertiary alicyclic amines) is 1. The molecule has 29 heavy (non-hydrogen) atoms. The zero-order valence-corrected chi connectivity index (χ0v) is 19.7. The Morgan fingerprint density at radius 2 is 2.03 bits per heavy atom. The maximum Gasteiger partial charge on any atom is 0.222 e. The van der Waals surface area contributed by atoms with Gasteiger partial charge in [-0.2, -0.15) is 0 Å². The number of rotatable bonds is 10. The van der Waals surface area contributed by atoms with Crippen molar-refractivity contribution in [3.63, 3.8) is 0 Å². The first-order chi connectivity index (χ1) is 14.0. The largest absolute Gasteiger partial charge is 0.343 e. The molecule has 0 aliphatic carbocycles. The molecule has 0 saturated carbocycles. The molecule has 0 spiro atoms. The highest BCUT2D eigenvalue weighted by atomic mass is 33.1. The van der Waals surface area contributed by atoms with Crippen molar-refractivity contribution in [1.29, 1.82) is 0 Å². The Bertz CT molecular complexity index is 752. The van der Waals surface area contributed by atoms with Crippen LogP contribution in [0, 0.1) is 0 Å². The van der Waals surface area contributed by atoms with Crippen LogP contribution in [0.1, 0.15) is 63.6 Å². The van der Waals surface area contributed by atoms with E-state index in [1.807, 2.05) is 37.3 Å². The molecule has 1 atom stereocenters. The number of piperidine rings is 1. The molecule has 0 bridgehead atoms. The molecule has 0 N–H and O–H groups in total. The average Bonchev–Trinajstić information content (AvgIpc) is 3.41. The summed E-state index contributed by atoms with van der Waals surface area (Å²) in [7, 11) is 1.01. The molecule has 1 unspecified atom stereocenters. The van der Waals surface area contributed by atoms with Crippen molar-refractivity contribution in [2.24, 2.45) is 0 Å². The van der Waals surface area contributed by atoms with E-state index in [1.54, 1.807) is 13.1 Å². The van der Waals surface area contributed by atoms with Crippen LogP contribution < -0.4 is 0 Å². The smallest absolute Gasteiger partial charge is 0.222 e. The lowest BCUT2D eigenvalue weighted by atomic mass is 9.95. The summed E-state index contributed by atoms with van der Waals surface area (Å²) in [6.07, 6.45) is 10.8. The van der Waals surface area contributed by atoms with Gasteiger partial charge in [-0.1, -0.05) is 34.9 Å². The molecular formula is C20H33N3O3S3. The monoisotopic (exact) mass is 459 g/mol. The van der Waals surface area contributed by atoms with E-state index >= 15 is 0 Å². The number of hydrogen-bond acceptors (Lipinski definition) is 6. The fraction of sp³-hybridized carbons (Fsp3) is 0.800. The molecule has 0 aromatic carbocycles. The van der Waals surface area contributed by atoms with E-state index in [9.17, 15) is 13.2 Å². The predicted octanol–water partition coefficient (Wildman–Crippen LogP) is 3.74. The summed E-state index contributed by atoms with van der Waals surface area (Å²) in [4.78, 5) is 19.0. The number of carbonyl (C=O) groups is 1. The van der Waals surface area contributed by atoms with Gasteiger partial charge in [0.1, 0.15) is 5.82 Å². The number of unbranched alkanes of at least 4 members (excludes halogenated alkanes) is 1. The van der Waals surface area contributed by atoms with Gasteiger partial charge >= 0.3 is 0 Å². The highest BCUT2D eigenvalue weighted by Gasteiger charge is 2.26. The lowest BCUT2D eigenvalue weighted by molar-refractivity contribution is -0.132. The van der Waals surface area contributed by atoms with Gasteiger partial charge in [-0.15, -0.1) is 0 Å². The second-order valence-corrected chi connectivity index (χ2v) is 13.2. The van der Waals surface area contributed by atoms with Crippen LogP contribution >= 0.6 is 21.6 Å². The van der Waals surface area contributed by atoms with Crippen molar-refractivity contribution in [3.8, 4) is 0 Å². The Kier molecular flexibility index (Phi) is 8.80. The van der Waals surface area contributed by atoms with E-state index in [0.29, 0.717) is 18.9 Å². The molecule has 2 aliphatic rings. The molecule has 164 valence electrons. The zero-order chi connectivity index (χ0) is 20.7. The lowest BCUT2D eigenvalue weighted by Gasteiger charge is -2.32. The summed E-state index contributed by atoms with van der Waals surface area (Å²) in [6, 6.07) is 0. The molecule has 1 aromatic heterocycles. The van der Waals surface area contributed by atoms with Gasteiger partial charge in [-0.25, -0.2) is 13.4 Å². The highest BCUT2D eigenvalue weighted by molar-refractivity contribution is 8.77. The van der Waals surface area contributed by atoms with Crippen LogP contribution in [0.2, 0.25) is 0 Å². The van der Waals surface area contributed by atoms with E-state index in [2.05, 4.69) is 4.98 Å². The van der Waals surface area contributed by atoms with Crippen molar-refractivity contribution >= 4 is 37.3 Å². The molecule has 3 rings (SSSR count). The Hall–Kier alpha value is -0.670. The van der Waals surface area contributed by atoms with E-state index in [-0.39, 0.29) is 17.4 Å². The number of imidazole rings is 1. The third kappa shape index (κ3) is 6.92. The molecule has 2 saturated heterocycles. The molecule has 1 amide bonds. The first-order valence-electron chi connectivity index (χ1n) is 10.8. The lowest BCUT2D eigenvalue weighted by Crippen LogP contribution is -2.38. The standard InChI is InChI=1S/C20H33N3O3S3/c1-2-29(25,26)16-14-23-13-10-21-20(23)17-7-11-22(12-8-17)19(24)6-4-3-5-18-9-15-27-28-18/h10,13,17-18H,2-9,11-12,14-16H2,1H3. The van der Waals surface area contributed by atoms with Gasteiger partial charge in [0.2, 0.25) is 5.91 Å². The molecule has 0 radical (unpaired) electrons. The maximum atomic E-state index is 12.5. The quantitative estimate of drug-likeness (QED) is 0.392. The Labute approximate surface area is 182 Å². The molecule has 3 heterocycles. The van der Waals surface area contributed by atoms with E-state index in [1.165, 1.54) is 18.6 Å². The van der Waals surface area contributed by atoms with Crippen LogP contribution in [-0.2, 0) is 21.2 Å². The zero-order valence-electron chi connectivity index (χ0n) is 17.3. The van der Waals surface area contributed by atoms with Gasteiger partial charge in [-0.3, -0.25) is 4.79 Å². The number of sulfone groups is 1. The summed E-state index contributed by atoms with van der Waals surface area (Å²) >= 11 is 0. The van der Waals surface area contributed by atoms with Crippen LogP contribution in [0.25, 0.3) is 0 Å². The van der Waals surface area contributed by atoms with Gasteiger partial charge in [0.25, 0.3) is 0 Å². The summed E-state index contributed by atoms with van der Waals surface area (Å²) in [5, 5.41) is 0.793. The van der Waals surface area contributed by atoms with Crippen LogP contribution in [0.3, 0.4) is 0 Å². The Morgan fingerprint density at radius 1 is 1.24 bits per heavy atom. The highest BCUT2D eigenvalue weighted by Crippen LogP contribution is 2.40. The number of nitrogens with zero attached hydrogens (tertiary/aromatic N) is 3. The van der Waals surface area contributed by atoms with Crippen molar-refractivity contribution in [2.45, 2.75) is 69.6 Å². The number of amides is 1. The van der Waals surface area contributed by atoms with Crippen molar-refractivity contribution < 1.29 is 13.2 Å². The first-order valence-corrected chi connectivity index (χ1v) is 15.0. The number of aryl methyl sites for hydroxylation is 1. The van der Waals surface area contributed by atoms with E-state index in [0.717, 1.165) is 49.8 Å². The van der Waals surface area contributed by atoms with Gasteiger partial charge in [0.05, 0.1) is 5.75 Å². The average molecular weight is 460 g/mol. The minimum atomic E-state index is -2.98. The van der Waals surface area contributed by atoms with Crippen LogP contribution in [0.5, 0.6) is 0 Å². The number of hydrogen-bond donors (Lipinski definition) is 0. The van der Waals surface area contributed by atoms with Gasteiger partial charge in [0.15, 0.2) is 9.84 Å². The fourth-order valence-electron chi connectivity index (χ4n) is 4.01. The molecular weight excluding hydrogens is 426 g/mol. The van der Waals surface area contributed by atoms with Crippen molar-refractivity contribution in [1.82, 2.24) is 14.5 Å². The third-order valence-electron chi connectivity index (χ3n) is 5.94. The van der Waals surface area contributed by atoms with Crippen LogP contribution in [0.4, 0.5) is 0 Å². The van der Waals surface area contributed by atoms with Gasteiger partial charge in [0, 0.05) is 61.1 Å². The molecule has 2 aliphatic heterocycles. The van der Waals surface area contributed by atoms with Gasteiger partial charge < -0.3 is 9.47 Å². The van der Waals surface area contributed by atoms with E-state index in [4.69, 9.17) is 0 Å². The first kappa shape index (κ1) is 23.0. The van der Waals surface area contributed by atoms with Crippen molar-refractivity contribution in [2.75, 3.05) is 30.3 Å². The summed E-state index contributed by atoms with van der Waals surface area (Å²) in [5.41, 5.74) is 0. The molecule has 2 fully saturated rings. The summed E-state index contributed by atoms with van der Waals surface area (Å²) in [6.45, 7) is 3.70. The SMILES string of the molecule is CCS(=O)(=O)CCn1ccnc1C1CCN(C(=O)CCCCC2CCSS2)CC1. The van der Waals surface area contributed by atoms with Crippen molar-refractivity contribution in [3.05, 3.63) is 18.2 Å². The minimum absolute atomic E-state index is 0.155. The topological polar surface area (TPSA) is 72.3 Å². The molecule has 1 aromatic rings. The fourth-order valence-corrected chi connectivity index (χ4v) is 7.80. The van der Waals surface area contributed by atoms with E-state index < -0.39 is 9.84 Å².